The molecule has 0 aliphatic carbocycles. The molecule has 0 atom stereocenters. The summed E-state index contributed by atoms with van der Waals surface area (Å²) in [6.07, 6.45) is 0.439. The quantitative estimate of drug-likeness (QED) is 0.775. The highest BCUT2D eigenvalue weighted by molar-refractivity contribution is 5.79. The van der Waals surface area contributed by atoms with Gasteiger partial charge in [0.25, 0.3) is 0 Å². The van der Waals surface area contributed by atoms with Gasteiger partial charge in [-0.1, -0.05) is 6.07 Å². The molecule has 92 valence electrons. The predicted octanol–water partition coefficient (Wildman–Crippen LogP) is 3.44. The van der Waals surface area contributed by atoms with Crippen LogP contribution < -0.4 is 9.47 Å². The van der Waals surface area contributed by atoms with Gasteiger partial charge in [-0.15, -0.1) is 0 Å². The molecule has 0 saturated carbocycles. The second-order valence-electron chi connectivity index (χ2n) is 3.55. The van der Waals surface area contributed by atoms with Crippen LogP contribution in [0.4, 0.5) is 4.39 Å². The average molecular weight is 246 g/mol. The van der Waals surface area contributed by atoms with Crippen LogP contribution in [0.5, 0.6) is 17.2 Å². The zero-order chi connectivity index (χ0) is 13.0. The third-order valence-corrected chi connectivity index (χ3v) is 2.42. The molecule has 2 aromatic carbocycles. The van der Waals surface area contributed by atoms with Gasteiger partial charge in [-0.3, -0.25) is 4.79 Å². The molecule has 0 aromatic heterocycles. The molecule has 18 heavy (non-hydrogen) atoms. The number of hydrogen-bond donors (Lipinski definition) is 0. The van der Waals surface area contributed by atoms with E-state index < -0.39 is 5.82 Å². The van der Waals surface area contributed by atoms with Crippen molar-refractivity contribution in [2.45, 2.75) is 0 Å². The molecule has 2 rings (SSSR count). The number of benzene rings is 2. The highest BCUT2D eigenvalue weighted by Crippen LogP contribution is 2.27. The van der Waals surface area contributed by atoms with Crippen LogP contribution in [0.25, 0.3) is 0 Å². The lowest BCUT2D eigenvalue weighted by Crippen LogP contribution is -1.94. The van der Waals surface area contributed by atoms with E-state index in [1.165, 1.54) is 18.2 Å². The molecule has 0 radical (unpaired) electrons. The molecule has 0 aliphatic rings. The first kappa shape index (κ1) is 12.1. The number of ether oxygens (including phenoxy) is 2. The van der Waals surface area contributed by atoms with E-state index >= 15 is 0 Å². The Bertz CT molecular complexity index is 549. The topological polar surface area (TPSA) is 35.5 Å². The summed E-state index contributed by atoms with van der Waals surface area (Å²) >= 11 is 0. The monoisotopic (exact) mass is 246 g/mol. The van der Waals surface area contributed by atoms with Crippen molar-refractivity contribution in [1.29, 1.82) is 0 Å². The van der Waals surface area contributed by atoms with E-state index in [9.17, 15) is 9.18 Å². The Morgan fingerprint density at radius 1 is 1.06 bits per heavy atom. The van der Waals surface area contributed by atoms with Crippen molar-refractivity contribution >= 4 is 6.29 Å². The van der Waals surface area contributed by atoms with Crippen LogP contribution in [0.3, 0.4) is 0 Å². The lowest BCUT2D eigenvalue weighted by Gasteiger charge is -2.08. The second-order valence-corrected chi connectivity index (χ2v) is 3.55. The Balaban J connectivity index is 2.28. The third kappa shape index (κ3) is 2.48. The van der Waals surface area contributed by atoms with Gasteiger partial charge in [0.2, 0.25) is 0 Å². The normalized spacial score (nSPS) is 9.89. The van der Waals surface area contributed by atoms with Crippen molar-refractivity contribution in [3.8, 4) is 17.2 Å². The number of methoxy groups -OCH3 is 1. The van der Waals surface area contributed by atoms with E-state index in [-0.39, 0.29) is 11.3 Å². The van der Waals surface area contributed by atoms with Gasteiger partial charge in [0.1, 0.15) is 23.1 Å². The molecule has 0 bridgehead atoms. The van der Waals surface area contributed by atoms with Gasteiger partial charge in [0.15, 0.2) is 6.29 Å². The van der Waals surface area contributed by atoms with Crippen LogP contribution in [0.2, 0.25) is 0 Å². The fourth-order valence-corrected chi connectivity index (χ4v) is 1.49. The molecule has 0 heterocycles. The Hall–Kier alpha value is -2.36. The first-order valence-electron chi connectivity index (χ1n) is 5.30. The number of hydrogen-bond acceptors (Lipinski definition) is 3. The van der Waals surface area contributed by atoms with Gasteiger partial charge in [-0.05, 0) is 36.4 Å². The summed E-state index contributed by atoms with van der Waals surface area (Å²) < 4.78 is 23.8. The molecular formula is C14H11FO3. The van der Waals surface area contributed by atoms with Crippen molar-refractivity contribution in [2.75, 3.05) is 7.11 Å². The summed E-state index contributed by atoms with van der Waals surface area (Å²) in [7, 11) is 1.56. The number of aldehydes is 1. The largest absolute Gasteiger partial charge is 0.497 e. The van der Waals surface area contributed by atoms with Crippen molar-refractivity contribution in [1.82, 2.24) is 0 Å². The van der Waals surface area contributed by atoms with Gasteiger partial charge in [0.05, 0.1) is 12.7 Å². The average Bonchev–Trinajstić information content (AvgIpc) is 2.40. The Labute approximate surface area is 104 Å². The molecular weight excluding hydrogens is 235 g/mol. The van der Waals surface area contributed by atoms with E-state index in [4.69, 9.17) is 9.47 Å². The van der Waals surface area contributed by atoms with E-state index in [0.29, 0.717) is 17.8 Å². The molecule has 0 unspecified atom stereocenters. The molecule has 4 heteroatoms. The lowest BCUT2D eigenvalue weighted by molar-refractivity contribution is 0.111. The van der Waals surface area contributed by atoms with Gasteiger partial charge < -0.3 is 9.47 Å². The Kier molecular flexibility index (Phi) is 3.57. The Morgan fingerprint density at radius 2 is 1.72 bits per heavy atom. The SMILES string of the molecule is COc1ccc(Oc2cccc(F)c2C=O)cc1. The summed E-state index contributed by atoms with van der Waals surface area (Å²) in [6, 6.07) is 11.0. The minimum Gasteiger partial charge on any atom is -0.497 e. The van der Waals surface area contributed by atoms with Crippen molar-refractivity contribution in [3.05, 3.63) is 53.8 Å². The molecule has 0 amide bonds. The van der Waals surface area contributed by atoms with E-state index in [1.807, 2.05) is 0 Å². The fourth-order valence-electron chi connectivity index (χ4n) is 1.49. The van der Waals surface area contributed by atoms with Crippen LogP contribution in [0.1, 0.15) is 10.4 Å². The number of halogens is 1. The van der Waals surface area contributed by atoms with Crippen LogP contribution in [0.15, 0.2) is 42.5 Å². The highest BCUT2D eigenvalue weighted by Gasteiger charge is 2.09. The lowest BCUT2D eigenvalue weighted by atomic mass is 10.2. The first-order valence-corrected chi connectivity index (χ1v) is 5.30. The molecule has 3 nitrogen and oxygen atoms in total. The van der Waals surface area contributed by atoms with Crippen LogP contribution in [0, 0.1) is 5.82 Å². The minimum atomic E-state index is -0.601. The molecule has 0 fully saturated rings. The van der Waals surface area contributed by atoms with Crippen molar-refractivity contribution < 1.29 is 18.7 Å². The maximum absolute atomic E-state index is 13.3. The fraction of sp³-hybridized carbons (Fsp3) is 0.0714. The van der Waals surface area contributed by atoms with E-state index in [1.54, 1.807) is 31.4 Å². The van der Waals surface area contributed by atoms with E-state index in [2.05, 4.69) is 0 Å². The Morgan fingerprint density at radius 3 is 2.33 bits per heavy atom. The van der Waals surface area contributed by atoms with Gasteiger partial charge >= 0.3 is 0 Å². The maximum Gasteiger partial charge on any atom is 0.156 e. The number of carbonyl (C=O) groups excluding carboxylic acids is 1. The zero-order valence-corrected chi connectivity index (χ0v) is 9.72. The summed E-state index contributed by atoms with van der Waals surface area (Å²) in [5.74, 6) is 0.785. The van der Waals surface area contributed by atoms with Crippen molar-refractivity contribution in [2.24, 2.45) is 0 Å². The maximum atomic E-state index is 13.3. The van der Waals surface area contributed by atoms with E-state index in [0.717, 1.165) is 0 Å². The minimum absolute atomic E-state index is 0.0895. The smallest absolute Gasteiger partial charge is 0.156 e. The molecule has 0 spiro atoms. The summed E-state index contributed by atoms with van der Waals surface area (Å²) in [5.41, 5.74) is -0.0895. The predicted molar refractivity (Wildman–Crippen MR) is 64.9 cm³/mol. The first-order chi connectivity index (χ1) is 8.74. The highest BCUT2D eigenvalue weighted by atomic mass is 19.1. The summed E-state index contributed by atoms with van der Waals surface area (Å²) in [6.45, 7) is 0. The molecule has 2 aromatic rings. The van der Waals surface area contributed by atoms with Gasteiger partial charge in [-0.25, -0.2) is 4.39 Å². The van der Waals surface area contributed by atoms with Crippen molar-refractivity contribution in [3.63, 3.8) is 0 Å². The van der Waals surface area contributed by atoms with Crippen LogP contribution in [-0.4, -0.2) is 13.4 Å². The molecule has 0 aliphatic heterocycles. The van der Waals surface area contributed by atoms with Crippen LogP contribution >= 0.6 is 0 Å². The van der Waals surface area contributed by atoms with Gasteiger partial charge in [-0.2, -0.15) is 0 Å². The zero-order valence-electron chi connectivity index (χ0n) is 9.72. The summed E-state index contributed by atoms with van der Waals surface area (Å²) in [5, 5.41) is 0. The third-order valence-electron chi connectivity index (χ3n) is 2.42. The number of carbonyl (C=O) groups is 1. The number of rotatable bonds is 4. The molecule has 0 saturated heterocycles. The van der Waals surface area contributed by atoms with Crippen LogP contribution in [-0.2, 0) is 0 Å². The summed E-state index contributed by atoms with van der Waals surface area (Å²) in [4.78, 5) is 10.8. The van der Waals surface area contributed by atoms with Gasteiger partial charge in [0, 0.05) is 0 Å². The standard InChI is InChI=1S/C14H11FO3/c1-17-10-5-7-11(8-6-10)18-14-4-2-3-13(15)12(14)9-16/h2-9H,1H3. The second kappa shape index (κ2) is 5.31. The molecule has 0 N–H and O–H groups in total.